The van der Waals surface area contributed by atoms with Gasteiger partial charge in [0.05, 0.1) is 12.2 Å². The molecule has 1 aromatic heterocycles. The quantitative estimate of drug-likeness (QED) is 0.861. The number of aromatic amines is 1. The Balaban J connectivity index is 0.000000677. The van der Waals surface area contributed by atoms with E-state index >= 15 is 0 Å². The van der Waals surface area contributed by atoms with Gasteiger partial charge in [0.2, 0.25) is 0 Å². The van der Waals surface area contributed by atoms with Crippen molar-refractivity contribution >= 4 is 0 Å². The Morgan fingerprint density at radius 2 is 2.10 bits per heavy atom. The average Bonchev–Trinajstić information content (AvgIpc) is 2.71. The van der Waals surface area contributed by atoms with Crippen molar-refractivity contribution < 1.29 is 14.2 Å². The summed E-state index contributed by atoms with van der Waals surface area (Å²) in [6.07, 6.45) is -0.0179. The van der Waals surface area contributed by atoms with E-state index < -0.39 is 29.2 Å². The number of aromatic nitrogens is 2. The van der Waals surface area contributed by atoms with Gasteiger partial charge in [-0.3, -0.25) is 14.3 Å². The molecule has 1 aliphatic heterocycles. The van der Waals surface area contributed by atoms with E-state index in [0.29, 0.717) is 5.56 Å². The number of nitrogens with zero attached hydrogens (tertiary/aromatic N) is 1. The van der Waals surface area contributed by atoms with E-state index in [1.54, 1.807) is 6.92 Å². The molecule has 0 bridgehead atoms. The first-order chi connectivity index (χ1) is 9.77. The highest BCUT2D eigenvalue weighted by Crippen LogP contribution is 2.37. The van der Waals surface area contributed by atoms with Crippen molar-refractivity contribution in [2.75, 3.05) is 6.61 Å². The molecule has 0 aliphatic carbocycles. The molecule has 120 valence electrons. The van der Waals surface area contributed by atoms with Crippen LogP contribution in [0.1, 0.15) is 45.4 Å². The van der Waals surface area contributed by atoms with Crippen molar-refractivity contribution in [1.29, 1.82) is 0 Å². The molecule has 1 aromatic rings. The van der Waals surface area contributed by atoms with Crippen LogP contribution in [-0.2, 0) is 4.74 Å². The van der Waals surface area contributed by atoms with Gasteiger partial charge in [-0.1, -0.05) is 20.3 Å². The summed E-state index contributed by atoms with van der Waals surface area (Å²) in [6, 6.07) is 0. The first kappa shape index (κ1) is 17.6. The van der Waals surface area contributed by atoms with Crippen LogP contribution in [0.2, 0.25) is 0 Å². The van der Waals surface area contributed by atoms with E-state index in [9.17, 15) is 14.0 Å². The molecule has 2 N–H and O–H groups in total. The summed E-state index contributed by atoms with van der Waals surface area (Å²) >= 11 is 0. The lowest BCUT2D eigenvalue weighted by molar-refractivity contribution is -0.0953. The summed E-state index contributed by atoms with van der Waals surface area (Å²) in [7, 11) is 0. The molecule has 1 fully saturated rings. The van der Waals surface area contributed by atoms with Gasteiger partial charge < -0.3 is 9.84 Å². The number of aliphatic hydroxyl groups is 1. The molecule has 0 aromatic carbocycles. The molecule has 0 radical (unpaired) electrons. The van der Waals surface area contributed by atoms with E-state index in [1.807, 2.05) is 0 Å². The fourth-order valence-corrected chi connectivity index (χ4v) is 2.03. The zero-order chi connectivity index (χ0) is 16.2. The zero-order valence-electron chi connectivity index (χ0n) is 12.9. The number of nitrogens with one attached hydrogen (secondary N) is 1. The van der Waals surface area contributed by atoms with Gasteiger partial charge >= 0.3 is 5.69 Å². The number of alkyl halides is 1. The minimum atomic E-state index is -1.41. The van der Waals surface area contributed by atoms with Crippen LogP contribution in [-0.4, -0.2) is 33.0 Å². The normalized spacial score (nSPS) is 28.1. The Morgan fingerprint density at radius 1 is 1.52 bits per heavy atom. The molecule has 2 unspecified atom stereocenters. The molecule has 0 saturated carbocycles. The molecular weight excluding hydrogens is 279 g/mol. The number of hydrogen-bond acceptors (Lipinski definition) is 4. The Kier molecular flexibility index (Phi) is 5.86. The zero-order valence-corrected chi connectivity index (χ0v) is 12.9. The van der Waals surface area contributed by atoms with Gasteiger partial charge in [-0.15, -0.1) is 0 Å². The monoisotopic (exact) mass is 302 g/mol. The fourth-order valence-electron chi connectivity index (χ4n) is 2.03. The third kappa shape index (κ3) is 4.01. The molecule has 21 heavy (non-hydrogen) atoms. The number of H-pyrrole nitrogens is 1. The lowest BCUT2D eigenvalue weighted by Gasteiger charge is -2.22. The van der Waals surface area contributed by atoms with Crippen molar-refractivity contribution in [3.8, 4) is 0 Å². The maximum atomic E-state index is 13.9. The first-order valence-electron chi connectivity index (χ1n) is 7.02. The van der Waals surface area contributed by atoms with Gasteiger partial charge in [0, 0.05) is 18.2 Å². The first-order valence-corrected chi connectivity index (χ1v) is 7.02. The number of aryl methyl sites for hydroxylation is 1. The molecule has 2 rings (SSSR count). The minimum absolute atomic E-state index is 0.00121. The van der Waals surface area contributed by atoms with Crippen molar-refractivity contribution in [3.05, 3.63) is 32.6 Å². The maximum Gasteiger partial charge on any atom is 0.330 e. The predicted octanol–water partition coefficient (Wildman–Crippen LogP) is 1.27. The SMILES string of the molecule is CCC.Cc1cn(C2O[C@](C)(CO)CC2F)c(=O)[nH]c1=O. The third-order valence-electron chi connectivity index (χ3n) is 3.10. The number of rotatable bonds is 2. The van der Waals surface area contributed by atoms with Gasteiger partial charge in [0.15, 0.2) is 6.23 Å². The Hall–Kier alpha value is -1.47. The standard InChI is InChI=1S/C11H15FN2O4.C3H8/c1-6-4-14(10(17)13-8(6)16)9-7(12)3-11(2,5-15)18-9;1-3-2/h4,7,9,15H,3,5H2,1-2H3,(H,13,16,17);3H2,1-2H3/t7?,9?,11-;/m0./s1. The second-order valence-electron chi connectivity index (χ2n) is 5.52. The van der Waals surface area contributed by atoms with Crippen LogP contribution in [0.15, 0.2) is 15.8 Å². The highest BCUT2D eigenvalue weighted by molar-refractivity contribution is 5.03. The molecule has 6 nitrogen and oxygen atoms in total. The molecule has 2 heterocycles. The van der Waals surface area contributed by atoms with E-state index in [4.69, 9.17) is 9.84 Å². The van der Waals surface area contributed by atoms with Gasteiger partial charge in [-0.05, 0) is 13.8 Å². The van der Waals surface area contributed by atoms with Crippen molar-refractivity contribution in [2.45, 2.75) is 58.5 Å². The lowest BCUT2D eigenvalue weighted by atomic mass is 10.0. The van der Waals surface area contributed by atoms with Crippen LogP contribution in [0, 0.1) is 6.92 Å². The largest absolute Gasteiger partial charge is 0.393 e. The van der Waals surface area contributed by atoms with Crippen LogP contribution in [0.3, 0.4) is 0 Å². The van der Waals surface area contributed by atoms with E-state index in [0.717, 1.165) is 4.57 Å². The molecule has 0 amide bonds. The Morgan fingerprint density at radius 3 is 2.57 bits per heavy atom. The van der Waals surface area contributed by atoms with Crippen LogP contribution in [0.25, 0.3) is 0 Å². The summed E-state index contributed by atoms with van der Waals surface area (Å²) < 4.78 is 20.3. The third-order valence-corrected chi connectivity index (χ3v) is 3.10. The second-order valence-corrected chi connectivity index (χ2v) is 5.52. The highest BCUT2D eigenvalue weighted by atomic mass is 19.1. The number of halogens is 1. The van der Waals surface area contributed by atoms with Crippen LogP contribution in [0.4, 0.5) is 4.39 Å². The van der Waals surface area contributed by atoms with Gasteiger partial charge in [-0.25, -0.2) is 9.18 Å². The highest BCUT2D eigenvalue weighted by Gasteiger charge is 2.44. The van der Waals surface area contributed by atoms with E-state index in [1.165, 1.54) is 19.5 Å². The van der Waals surface area contributed by atoms with Crippen molar-refractivity contribution in [3.63, 3.8) is 0 Å². The Bertz CT molecular complexity index is 583. The van der Waals surface area contributed by atoms with Crippen LogP contribution < -0.4 is 11.2 Å². The van der Waals surface area contributed by atoms with Crippen molar-refractivity contribution in [2.24, 2.45) is 0 Å². The van der Waals surface area contributed by atoms with Crippen LogP contribution in [0.5, 0.6) is 0 Å². The summed E-state index contributed by atoms with van der Waals surface area (Å²) in [5.41, 5.74) is -1.94. The predicted molar refractivity (Wildman–Crippen MR) is 77.2 cm³/mol. The second kappa shape index (κ2) is 7.00. The number of hydrogen-bond donors (Lipinski definition) is 2. The summed E-state index contributed by atoms with van der Waals surface area (Å²) in [6.45, 7) is 7.01. The van der Waals surface area contributed by atoms with Gasteiger partial charge in [0.1, 0.15) is 6.17 Å². The smallest absolute Gasteiger partial charge is 0.330 e. The minimum Gasteiger partial charge on any atom is -0.393 e. The Labute approximate surface area is 122 Å². The maximum absolute atomic E-state index is 13.9. The average molecular weight is 302 g/mol. The van der Waals surface area contributed by atoms with Crippen molar-refractivity contribution in [1.82, 2.24) is 9.55 Å². The van der Waals surface area contributed by atoms with Crippen LogP contribution >= 0.6 is 0 Å². The lowest BCUT2D eigenvalue weighted by Crippen LogP contribution is -2.36. The van der Waals surface area contributed by atoms with E-state index in [-0.39, 0.29) is 13.0 Å². The fraction of sp³-hybridized carbons (Fsp3) is 0.714. The molecule has 0 spiro atoms. The molecule has 1 aliphatic rings. The number of ether oxygens (including phenoxy) is 1. The summed E-state index contributed by atoms with van der Waals surface area (Å²) in [5.74, 6) is 0. The molecule has 1 saturated heterocycles. The summed E-state index contributed by atoms with van der Waals surface area (Å²) in [5, 5.41) is 9.14. The molecular formula is C14H23FN2O4. The number of aliphatic hydroxyl groups excluding tert-OH is 1. The van der Waals surface area contributed by atoms with E-state index in [2.05, 4.69) is 18.8 Å². The van der Waals surface area contributed by atoms with Gasteiger partial charge in [0.25, 0.3) is 5.56 Å². The topological polar surface area (TPSA) is 84.3 Å². The van der Waals surface area contributed by atoms with Gasteiger partial charge in [-0.2, -0.15) is 0 Å². The molecule has 7 heteroatoms. The molecule has 3 atom stereocenters. The summed E-state index contributed by atoms with van der Waals surface area (Å²) in [4.78, 5) is 24.9.